The fraction of sp³-hybridized carbons (Fsp3) is 0.583. The Bertz CT molecular complexity index is 963. The number of carbonyl (C=O) groups is 2. The van der Waals surface area contributed by atoms with Gasteiger partial charge in [-0.25, -0.2) is 0 Å². The number of likely N-dealkylation sites (N-methyl/N-ethyl adjacent to an activating group) is 1. The van der Waals surface area contributed by atoms with Crippen molar-refractivity contribution in [3.05, 3.63) is 47.6 Å². The lowest BCUT2D eigenvalue weighted by molar-refractivity contribution is -0.135. The van der Waals surface area contributed by atoms with Crippen LogP contribution in [0.1, 0.15) is 55.4 Å². The van der Waals surface area contributed by atoms with Crippen molar-refractivity contribution in [2.45, 2.75) is 50.0 Å². The zero-order valence-corrected chi connectivity index (χ0v) is 18.7. The molecule has 3 aliphatic rings. The Kier molecular flexibility index (Phi) is 5.71. The normalized spacial score (nSPS) is 22.8. The van der Waals surface area contributed by atoms with Crippen molar-refractivity contribution in [1.82, 2.24) is 24.8 Å². The fourth-order valence-electron chi connectivity index (χ4n) is 4.99. The van der Waals surface area contributed by atoms with E-state index in [-0.39, 0.29) is 23.3 Å². The monoisotopic (exact) mass is 437 g/mol. The minimum atomic E-state index is -0.384. The van der Waals surface area contributed by atoms with Gasteiger partial charge in [0, 0.05) is 45.6 Å². The van der Waals surface area contributed by atoms with Gasteiger partial charge in [-0.2, -0.15) is 4.98 Å². The molecule has 2 saturated heterocycles. The third kappa shape index (κ3) is 4.03. The van der Waals surface area contributed by atoms with Crippen molar-refractivity contribution in [3.8, 4) is 0 Å². The molecule has 2 aliphatic heterocycles. The Morgan fingerprint density at radius 3 is 2.56 bits per heavy atom. The molecule has 5 rings (SSSR count). The molecule has 0 radical (unpaired) electrons. The lowest BCUT2D eigenvalue weighted by Crippen LogP contribution is -2.47. The van der Waals surface area contributed by atoms with Crippen molar-refractivity contribution in [1.29, 1.82) is 0 Å². The van der Waals surface area contributed by atoms with Gasteiger partial charge in [-0.3, -0.25) is 9.59 Å². The zero-order chi connectivity index (χ0) is 22.1. The van der Waals surface area contributed by atoms with Gasteiger partial charge in [0.25, 0.3) is 0 Å². The van der Waals surface area contributed by atoms with Crippen molar-refractivity contribution in [3.63, 3.8) is 0 Å². The third-order valence-corrected chi connectivity index (χ3v) is 7.19. The molecule has 8 heteroatoms. The Hall–Kier alpha value is -2.74. The minimum absolute atomic E-state index is 0.133. The molecule has 3 fully saturated rings. The molecule has 170 valence electrons. The van der Waals surface area contributed by atoms with E-state index in [1.165, 1.54) is 0 Å². The maximum Gasteiger partial charge on any atom is 0.233 e. The maximum atomic E-state index is 13.5. The zero-order valence-electron chi connectivity index (χ0n) is 18.7. The molecule has 3 heterocycles. The van der Waals surface area contributed by atoms with Crippen LogP contribution in [0.2, 0.25) is 0 Å². The van der Waals surface area contributed by atoms with Gasteiger partial charge in [-0.05, 0) is 38.3 Å². The highest BCUT2D eigenvalue weighted by Gasteiger charge is 2.54. The van der Waals surface area contributed by atoms with Gasteiger partial charge in [0.2, 0.25) is 17.7 Å². The topological polar surface area (TPSA) is 82.8 Å². The first-order valence-electron chi connectivity index (χ1n) is 11.7. The smallest absolute Gasteiger partial charge is 0.233 e. The lowest BCUT2D eigenvalue weighted by Gasteiger charge is -2.32. The molecule has 1 saturated carbocycles. The number of benzene rings is 1. The maximum absolute atomic E-state index is 13.5. The summed E-state index contributed by atoms with van der Waals surface area (Å²) in [7, 11) is 2.07. The van der Waals surface area contributed by atoms with Crippen LogP contribution in [-0.4, -0.2) is 76.4 Å². The molecule has 32 heavy (non-hydrogen) atoms. The van der Waals surface area contributed by atoms with Crippen LogP contribution in [0.4, 0.5) is 0 Å². The second-order valence-corrected chi connectivity index (χ2v) is 9.34. The second-order valence-electron chi connectivity index (χ2n) is 9.34. The van der Waals surface area contributed by atoms with Crippen LogP contribution in [0.5, 0.6) is 0 Å². The summed E-state index contributed by atoms with van der Waals surface area (Å²) in [5.74, 6) is 1.37. The van der Waals surface area contributed by atoms with Crippen molar-refractivity contribution >= 4 is 11.8 Å². The summed E-state index contributed by atoms with van der Waals surface area (Å²) in [6.45, 7) is 4.09. The summed E-state index contributed by atoms with van der Waals surface area (Å²) < 4.78 is 5.47. The van der Waals surface area contributed by atoms with Crippen molar-refractivity contribution in [2.24, 2.45) is 0 Å². The quantitative estimate of drug-likeness (QED) is 0.689. The first kappa shape index (κ1) is 21.1. The lowest BCUT2D eigenvalue weighted by atomic mass is 9.94. The van der Waals surface area contributed by atoms with Crippen LogP contribution in [0, 0.1) is 0 Å². The molecule has 2 aromatic rings. The SMILES string of the molecule is CN1CCN(C(=O)CCc2nc(C3CCCN3C(=O)C3(c4ccccc4)CC3)no2)CC1. The summed E-state index contributed by atoms with van der Waals surface area (Å²) in [6.07, 6.45) is 4.38. The number of amides is 2. The fourth-order valence-corrected chi connectivity index (χ4v) is 4.99. The van der Waals surface area contributed by atoms with Gasteiger partial charge in [-0.15, -0.1) is 0 Å². The van der Waals surface area contributed by atoms with E-state index >= 15 is 0 Å². The number of likely N-dealkylation sites (tertiary alicyclic amines) is 1. The molecule has 0 spiro atoms. The Morgan fingerprint density at radius 2 is 1.84 bits per heavy atom. The average molecular weight is 438 g/mol. The van der Waals surface area contributed by atoms with E-state index in [1.54, 1.807) is 0 Å². The van der Waals surface area contributed by atoms with Crippen LogP contribution in [0.25, 0.3) is 0 Å². The van der Waals surface area contributed by atoms with E-state index in [2.05, 4.69) is 34.2 Å². The summed E-state index contributed by atoms with van der Waals surface area (Å²) in [4.78, 5) is 36.7. The molecular weight excluding hydrogens is 406 g/mol. The van der Waals surface area contributed by atoms with E-state index < -0.39 is 0 Å². The van der Waals surface area contributed by atoms with Crippen molar-refractivity contribution < 1.29 is 14.1 Å². The van der Waals surface area contributed by atoms with Gasteiger partial charge < -0.3 is 19.2 Å². The van der Waals surface area contributed by atoms with Crippen LogP contribution < -0.4 is 0 Å². The largest absolute Gasteiger partial charge is 0.340 e. The standard InChI is InChI=1S/C24H31N5O3/c1-27-14-16-28(17-15-27)21(30)10-9-20-25-22(26-32-20)19-8-5-13-29(19)23(31)24(11-12-24)18-6-3-2-4-7-18/h2-4,6-7,19H,5,8-17H2,1H3. The Balaban J connectivity index is 1.22. The highest BCUT2D eigenvalue weighted by atomic mass is 16.5. The molecule has 1 aromatic carbocycles. The molecule has 8 nitrogen and oxygen atoms in total. The molecule has 0 N–H and O–H groups in total. The second kappa shape index (κ2) is 8.65. The first-order valence-corrected chi connectivity index (χ1v) is 11.7. The van der Waals surface area contributed by atoms with Gasteiger partial charge >= 0.3 is 0 Å². The number of aryl methyl sites for hydroxylation is 1. The van der Waals surface area contributed by atoms with E-state index in [4.69, 9.17) is 4.52 Å². The first-order chi connectivity index (χ1) is 15.6. The van der Waals surface area contributed by atoms with E-state index in [0.29, 0.717) is 24.6 Å². The van der Waals surface area contributed by atoms with Crippen LogP contribution in [-0.2, 0) is 21.4 Å². The number of hydrogen-bond donors (Lipinski definition) is 0. The molecule has 1 aromatic heterocycles. The Morgan fingerprint density at radius 1 is 1.09 bits per heavy atom. The molecule has 1 aliphatic carbocycles. The number of rotatable bonds is 6. The number of hydrogen-bond acceptors (Lipinski definition) is 6. The van der Waals surface area contributed by atoms with Crippen LogP contribution in [0.15, 0.2) is 34.9 Å². The Labute approximate surface area is 188 Å². The predicted octanol–water partition coefficient (Wildman–Crippen LogP) is 2.17. The summed E-state index contributed by atoms with van der Waals surface area (Å²) in [5.41, 5.74) is 0.720. The third-order valence-electron chi connectivity index (χ3n) is 7.19. The predicted molar refractivity (Wildman–Crippen MR) is 118 cm³/mol. The summed E-state index contributed by atoms with van der Waals surface area (Å²) in [6, 6.07) is 9.95. The van der Waals surface area contributed by atoms with Gasteiger partial charge in [0.15, 0.2) is 5.82 Å². The summed E-state index contributed by atoms with van der Waals surface area (Å²) >= 11 is 0. The number of carbonyl (C=O) groups excluding carboxylic acids is 2. The molecule has 1 unspecified atom stereocenters. The van der Waals surface area contributed by atoms with Crippen LogP contribution >= 0.6 is 0 Å². The van der Waals surface area contributed by atoms with Crippen LogP contribution in [0.3, 0.4) is 0 Å². The van der Waals surface area contributed by atoms with E-state index in [1.807, 2.05) is 28.0 Å². The molecule has 2 amide bonds. The van der Waals surface area contributed by atoms with Crippen molar-refractivity contribution in [2.75, 3.05) is 39.8 Å². The van der Waals surface area contributed by atoms with Gasteiger partial charge in [-0.1, -0.05) is 35.5 Å². The van der Waals surface area contributed by atoms with E-state index in [9.17, 15) is 9.59 Å². The summed E-state index contributed by atoms with van der Waals surface area (Å²) in [5, 5.41) is 4.19. The minimum Gasteiger partial charge on any atom is -0.340 e. The van der Waals surface area contributed by atoms with Gasteiger partial charge in [0.1, 0.15) is 0 Å². The highest BCUT2D eigenvalue weighted by Crippen LogP contribution is 2.51. The number of piperazine rings is 1. The highest BCUT2D eigenvalue weighted by molar-refractivity contribution is 5.91. The van der Waals surface area contributed by atoms with E-state index in [0.717, 1.165) is 64.0 Å². The average Bonchev–Trinajstić information content (AvgIpc) is 3.26. The molecule has 0 bridgehead atoms. The number of nitrogens with zero attached hydrogens (tertiary/aromatic N) is 5. The molecule has 1 atom stereocenters. The number of aromatic nitrogens is 2. The molecular formula is C24H31N5O3. The van der Waals surface area contributed by atoms with Gasteiger partial charge in [0.05, 0.1) is 11.5 Å².